The Kier molecular flexibility index (Phi) is 4.42. The van der Waals surface area contributed by atoms with Crippen LogP contribution >= 0.6 is 0 Å². The number of phenols is 1. The number of aromatic amines is 1. The third-order valence-electron chi connectivity index (χ3n) is 3.49. The number of fused-ring (bicyclic) bond motifs is 1. The molecule has 7 nitrogen and oxygen atoms in total. The summed E-state index contributed by atoms with van der Waals surface area (Å²) in [6, 6.07) is 13.7. The average molecular weight is 324 g/mol. The van der Waals surface area contributed by atoms with Gasteiger partial charge in [0.1, 0.15) is 11.6 Å². The van der Waals surface area contributed by atoms with E-state index in [9.17, 15) is 14.7 Å². The van der Waals surface area contributed by atoms with E-state index >= 15 is 0 Å². The summed E-state index contributed by atoms with van der Waals surface area (Å²) in [7, 11) is 0. The minimum absolute atomic E-state index is 0.0927. The van der Waals surface area contributed by atoms with Crippen molar-refractivity contribution in [3.05, 3.63) is 59.9 Å². The van der Waals surface area contributed by atoms with Crippen LogP contribution in [0, 0.1) is 0 Å². The zero-order chi connectivity index (χ0) is 16.9. The van der Waals surface area contributed by atoms with Crippen molar-refractivity contribution in [3.8, 4) is 5.75 Å². The summed E-state index contributed by atoms with van der Waals surface area (Å²) in [6.45, 7) is 0. The highest BCUT2D eigenvalue weighted by atomic mass is 16.3. The van der Waals surface area contributed by atoms with Gasteiger partial charge in [-0.1, -0.05) is 24.3 Å². The highest BCUT2D eigenvalue weighted by Crippen LogP contribution is 2.14. The molecule has 122 valence electrons. The van der Waals surface area contributed by atoms with Crippen LogP contribution in [0.1, 0.15) is 22.6 Å². The predicted octanol–water partition coefficient (Wildman–Crippen LogP) is 1.66. The fourth-order valence-electron chi connectivity index (χ4n) is 2.28. The number of phenolic OH excluding ortho intramolecular Hbond substituents is 1. The van der Waals surface area contributed by atoms with E-state index in [0.29, 0.717) is 12.2 Å². The van der Waals surface area contributed by atoms with E-state index in [2.05, 4.69) is 20.8 Å². The Balaban J connectivity index is 1.51. The molecule has 3 rings (SSSR count). The van der Waals surface area contributed by atoms with Crippen LogP contribution in [0.2, 0.25) is 0 Å². The number of para-hydroxylation sites is 3. The Morgan fingerprint density at radius 2 is 1.79 bits per heavy atom. The molecule has 3 aromatic rings. The lowest BCUT2D eigenvalue weighted by Crippen LogP contribution is -2.41. The normalized spacial score (nSPS) is 10.5. The van der Waals surface area contributed by atoms with Gasteiger partial charge in [0.2, 0.25) is 5.91 Å². The molecule has 0 aliphatic rings. The number of rotatable bonds is 4. The SMILES string of the molecule is O=C(CCc1nc2ccccc2[nH]1)NNC(=O)c1ccccc1O. The first-order valence-corrected chi connectivity index (χ1v) is 7.44. The highest BCUT2D eigenvalue weighted by Gasteiger charge is 2.11. The first kappa shape index (κ1) is 15.5. The standard InChI is InChI=1S/C17H16N4O3/c22-14-8-4-1-5-11(14)17(24)21-20-16(23)10-9-15-18-12-6-2-3-7-13(12)19-15/h1-8,22H,9-10H2,(H,18,19)(H,20,23)(H,21,24). The smallest absolute Gasteiger partial charge is 0.273 e. The number of aromatic nitrogens is 2. The Bertz CT molecular complexity index is 855. The van der Waals surface area contributed by atoms with E-state index in [1.165, 1.54) is 12.1 Å². The maximum atomic E-state index is 11.9. The summed E-state index contributed by atoms with van der Waals surface area (Å²) in [5.41, 5.74) is 6.45. The van der Waals surface area contributed by atoms with Gasteiger partial charge in [0.05, 0.1) is 16.6 Å². The predicted molar refractivity (Wildman–Crippen MR) is 88.1 cm³/mol. The van der Waals surface area contributed by atoms with Crippen LogP contribution in [0.15, 0.2) is 48.5 Å². The summed E-state index contributed by atoms with van der Waals surface area (Å²) >= 11 is 0. The molecule has 24 heavy (non-hydrogen) atoms. The second-order valence-corrected chi connectivity index (χ2v) is 5.22. The Morgan fingerprint density at radius 1 is 1.04 bits per heavy atom. The molecule has 4 N–H and O–H groups in total. The van der Waals surface area contributed by atoms with Crippen LogP contribution in [0.4, 0.5) is 0 Å². The molecule has 0 aliphatic heterocycles. The second kappa shape index (κ2) is 6.82. The van der Waals surface area contributed by atoms with Gasteiger partial charge in [-0.05, 0) is 24.3 Å². The Labute approximate surface area is 137 Å². The summed E-state index contributed by atoms with van der Waals surface area (Å²) < 4.78 is 0. The molecule has 0 aliphatic carbocycles. The van der Waals surface area contributed by atoms with Crippen molar-refractivity contribution in [2.24, 2.45) is 0 Å². The molecule has 7 heteroatoms. The number of aromatic hydroxyl groups is 1. The molecule has 0 radical (unpaired) electrons. The number of carbonyl (C=O) groups is 2. The number of carbonyl (C=O) groups excluding carboxylic acids is 2. The Morgan fingerprint density at radius 3 is 2.58 bits per heavy atom. The van der Waals surface area contributed by atoms with Gasteiger partial charge in [-0.2, -0.15) is 0 Å². The van der Waals surface area contributed by atoms with Gasteiger partial charge in [-0.15, -0.1) is 0 Å². The van der Waals surface area contributed by atoms with E-state index in [-0.39, 0.29) is 23.6 Å². The van der Waals surface area contributed by atoms with Crippen molar-refractivity contribution in [2.75, 3.05) is 0 Å². The first-order chi connectivity index (χ1) is 11.6. The van der Waals surface area contributed by atoms with Crippen LogP contribution in [0.5, 0.6) is 5.75 Å². The van der Waals surface area contributed by atoms with E-state index in [1.54, 1.807) is 12.1 Å². The van der Waals surface area contributed by atoms with Gasteiger partial charge in [0.15, 0.2) is 0 Å². The number of benzene rings is 2. The van der Waals surface area contributed by atoms with Crippen LogP contribution in [-0.2, 0) is 11.2 Å². The topological polar surface area (TPSA) is 107 Å². The molecule has 0 atom stereocenters. The van der Waals surface area contributed by atoms with Crippen LogP contribution in [0.3, 0.4) is 0 Å². The van der Waals surface area contributed by atoms with Crippen LogP contribution in [-0.4, -0.2) is 26.9 Å². The fraction of sp³-hybridized carbons (Fsp3) is 0.118. The number of H-pyrrole nitrogens is 1. The van der Waals surface area contributed by atoms with Crippen LogP contribution in [0.25, 0.3) is 11.0 Å². The minimum Gasteiger partial charge on any atom is -0.507 e. The molecule has 0 bridgehead atoms. The molecule has 2 aromatic carbocycles. The van der Waals surface area contributed by atoms with Gasteiger partial charge >= 0.3 is 0 Å². The number of hydrogen-bond donors (Lipinski definition) is 4. The zero-order valence-corrected chi connectivity index (χ0v) is 12.7. The van der Waals surface area contributed by atoms with Gasteiger partial charge in [-0.3, -0.25) is 20.4 Å². The van der Waals surface area contributed by atoms with Crippen molar-refractivity contribution in [2.45, 2.75) is 12.8 Å². The van der Waals surface area contributed by atoms with Gasteiger partial charge in [0.25, 0.3) is 5.91 Å². The van der Waals surface area contributed by atoms with Crippen molar-refractivity contribution >= 4 is 22.8 Å². The van der Waals surface area contributed by atoms with Gasteiger partial charge < -0.3 is 10.1 Å². The monoisotopic (exact) mass is 324 g/mol. The summed E-state index contributed by atoms with van der Waals surface area (Å²) in [5.74, 6) is -0.366. The lowest BCUT2D eigenvalue weighted by atomic mass is 10.2. The number of hydrazine groups is 1. The summed E-state index contributed by atoms with van der Waals surface area (Å²) in [6.07, 6.45) is 0.591. The van der Waals surface area contributed by atoms with Crippen LogP contribution < -0.4 is 10.9 Å². The quantitative estimate of drug-likeness (QED) is 0.547. The molecule has 1 aromatic heterocycles. The number of imidazole rings is 1. The molecule has 0 spiro atoms. The number of nitrogens with one attached hydrogen (secondary N) is 3. The van der Waals surface area contributed by atoms with E-state index < -0.39 is 5.91 Å². The van der Waals surface area contributed by atoms with Crippen molar-refractivity contribution in [3.63, 3.8) is 0 Å². The molecule has 0 unspecified atom stereocenters. The van der Waals surface area contributed by atoms with Gasteiger partial charge in [0, 0.05) is 12.8 Å². The lowest BCUT2D eigenvalue weighted by Gasteiger charge is -2.07. The maximum absolute atomic E-state index is 11.9. The largest absolute Gasteiger partial charge is 0.507 e. The van der Waals surface area contributed by atoms with Crippen molar-refractivity contribution < 1.29 is 14.7 Å². The summed E-state index contributed by atoms with van der Waals surface area (Å²) in [4.78, 5) is 31.2. The van der Waals surface area contributed by atoms with E-state index in [1.807, 2.05) is 24.3 Å². The lowest BCUT2D eigenvalue weighted by molar-refractivity contribution is -0.121. The molecule has 0 saturated carbocycles. The number of hydrogen-bond acceptors (Lipinski definition) is 4. The number of aryl methyl sites for hydroxylation is 1. The van der Waals surface area contributed by atoms with Gasteiger partial charge in [-0.25, -0.2) is 4.98 Å². The van der Waals surface area contributed by atoms with Crippen molar-refractivity contribution in [1.29, 1.82) is 0 Å². The maximum Gasteiger partial charge on any atom is 0.273 e. The third-order valence-corrected chi connectivity index (χ3v) is 3.49. The molecule has 0 fully saturated rings. The molecule has 0 saturated heterocycles. The summed E-state index contributed by atoms with van der Waals surface area (Å²) in [5, 5.41) is 9.58. The average Bonchev–Trinajstić information content (AvgIpc) is 3.01. The molecule has 2 amide bonds. The second-order valence-electron chi connectivity index (χ2n) is 5.22. The molecular weight excluding hydrogens is 308 g/mol. The van der Waals surface area contributed by atoms with E-state index in [4.69, 9.17) is 0 Å². The van der Waals surface area contributed by atoms with Crippen molar-refractivity contribution in [1.82, 2.24) is 20.8 Å². The highest BCUT2D eigenvalue weighted by molar-refractivity contribution is 5.97. The van der Waals surface area contributed by atoms with E-state index in [0.717, 1.165) is 11.0 Å². The third kappa shape index (κ3) is 3.52. The zero-order valence-electron chi connectivity index (χ0n) is 12.7. The number of nitrogens with zero attached hydrogens (tertiary/aromatic N) is 1. The number of amides is 2. The Hall–Kier alpha value is -3.35. The molecular formula is C17H16N4O3. The fourth-order valence-corrected chi connectivity index (χ4v) is 2.28. The first-order valence-electron chi connectivity index (χ1n) is 7.44. The minimum atomic E-state index is -0.579. The molecule has 1 heterocycles.